The van der Waals surface area contributed by atoms with Crippen LogP contribution in [0, 0.1) is 0 Å². The van der Waals surface area contributed by atoms with Gasteiger partial charge in [-0.05, 0) is 31.9 Å². The van der Waals surface area contributed by atoms with E-state index in [4.69, 9.17) is 4.74 Å². The second-order valence-electron chi connectivity index (χ2n) is 4.45. The summed E-state index contributed by atoms with van der Waals surface area (Å²) < 4.78 is 5.26. The number of hydrogen-bond donors (Lipinski definition) is 1. The van der Waals surface area contributed by atoms with Crippen molar-refractivity contribution in [1.29, 1.82) is 0 Å². The Bertz CT molecular complexity index is 369. The summed E-state index contributed by atoms with van der Waals surface area (Å²) >= 11 is 0. The average Bonchev–Trinajstić information content (AvgIpc) is 2.41. The highest BCUT2D eigenvalue weighted by Gasteiger charge is 2.42. The molecule has 1 saturated heterocycles. The van der Waals surface area contributed by atoms with E-state index in [0.29, 0.717) is 13.2 Å². The summed E-state index contributed by atoms with van der Waals surface area (Å²) in [6, 6.07) is 9.96. The predicted molar refractivity (Wildman–Crippen MR) is 66.9 cm³/mol. The van der Waals surface area contributed by atoms with Gasteiger partial charge in [-0.25, -0.2) is 0 Å². The zero-order chi connectivity index (χ0) is 12.1. The van der Waals surface area contributed by atoms with Crippen LogP contribution in [0.2, 0.25) is 0 Å². The number of ether oxygens (including phenoxy) is 1. The maximum atomic E-state index is 12.3. The van der Waals surface area contributed by atoms with Crippen LogP contribution in [0.25, 0.3) is 0 Å². The number of piperidine rings is 1. The molecule has 1 aliphatic heterocycles. The predicted octanol–water partition coefficient (Wildman–Crippen LogP) is 1.87. The first-order valence-electron chi connectivity index (χ1n) is 6.23. The van der Waals surface area contributed by atoms with Crippen molar-refractivity contribution in [3.8, 4) is 0 Å². The van der Waals surface area contributed by atoms with Gasteiger partial charge in [0, 0.05) is 6.54 Å². The molecule has 1 heterocycles. The van der Waals surface area contributed by atoms with Crippen molar-refractivity contribution in [3.05, 3.63) is 35.9 Å². The fraction of sp³-hybridized carbons (Fsp3) is 0.500. The van der Waals surface area contributed by atoms with Crippen LogP contribution in [0.1, 0.15) is 25.3 Å². The van der Waals surface area contributed by atoms with Gasteiger partial charge in [-0.3, -0.25) is 4.79 Å². The van der Waals surface area contributed by atoms with E-state index in [1.165, 1.54) is 0 Å². The lowest BCUT2D eigenvalue weighted by Crippen LogP contribution is -2.49. The quantitative estimate of drug-likeness (QED) is 0.810. The molecule has 1 N–H and O–H groups in total. The number of benzene rings is 1. The summed E-state index contributed by atoms with van der Waals surface area (Å²) in [4.78, 5) is 12.3. The van der Waals surface area contributed by atoms with Crippen molar-refractivity contribution in [3.63, 3.8) is 0 Å². The molecule has 1 aliphatic rings. The van der Waals surface area contributed by atoms with Crippen molar-refractivity contribution in [2.24, 2.45) is 0 Å². The Morgan fingerprint density at radius 1 is 1.41 bits per heavy atom. The van der Waals surface area contributed by atoms with Crippen LogP contribution in [-0.4, -0.2) is 25.7 Å². The normalized spacial score (nSPS) is 24.3. The van der Waals surface area contributed by atoms with Crippen molar-refractivity contribution >= 4 is 5.97 Å². The van der Waals surface area contributed by atoms with Gasteiger partial charge in [0.05, 0.1) is 6.61 Å². The minimum atomic E-state index is -0.491. The summed E-state index contributed by atoms with van der Waals surface area (Å²) in [7, 11) is 0. The maximum Gasteiger partial charge on any atom is 0.317 e. The van der Waals surface area contributed by atoms with Crippen molar-refractivity contribution in [2.45, 2.75) is 25.2 Å². The molecule has 0 aromatic heterocycles. The maximum absolute atomic E-state index is 12.3. The Morgan fingerprint density at radius 2 is 2.18 bits per heavy atom. The molecule has 92 valence electrons. The van der Waals surface area contributed by atoms with Crippen molar-refractivity contribution in [2.75, 3.05) is 19.7 Å². The highest BCUT2D eigenvalue weighted by molar-refractivity contribution is 5.83. The number of hydrogen-bond acceptors (Lipinski definition) is 3. The molecule has 1 fully saturated rings. The Hall–Kier alpha value is -1.35. The van der Waals surface area contributed by atoms with Gasteiger partial charge in [-0.15, -0.1) is 0 Å². The molecule has 0 aliphatic carbocycles. The van der Waals surface area contributed by atoms with Crippen LogP contribution in [-0.2, 0) is 14.9 Å². The minimum absolute atomic E-state index is 0.0987. The Balaban J connectivity index is 2.33. The van der Waals surface area contributed by atoms with Gasteiger partial charge in [0.1, 0.15) is 5.41 Å². The molecule has 0 radical (unpaired) electrons. The van der Waals surface area contributed by atoms with E-state index < -0.39 is 5.41 Å². The monoisotopic (exact) mass is 233 g/mol. The lowest BCUT2D eigenvalue weighted by atomic mass is 9.75. The molecule has 1 aromatic rings. The zero-order valence-electron chi connectivity index (χ0n) is 10.2. The van der Waals surface area contributed by atoms with Gasteiger partial charge in [0.15, 0.2) is 0 Å². The number of esters is 1. The van der Waals surface area contributed by atoms with E-state index in [9.17, 15) is 4.79 Å². The Kier molecular flexibility index (Phi) is 3.79. The Labute approximate surface area is 102 Å². The van der Waals surface area contributed by atoms with E-state index in [2.05, 4.69) is 5.32 Å². The van der Waals surface area contributed by atoms with Gasteiger partial charge in [0.25, 0.3) is 0 Å². The molecule has 17 heavy (non-hydrogen) atoms. The van der Waals surface area contributed by atoms with Gasteiger partial charge >= 0.3 is 5.97 Å². The first kappa shape index (κ1) is 12.1. The van der Waals surface area contributed by atoms with Crippen LogP contribution in [0.3, 0.4) is 0 Å². The fourth-order valence-electron chi connectivity index (χ4n) is 2.47. The molecule has 3 nitrogen and oxygen atoms in total. The third kappa shape index (κ3) is 2.34. The second kappa shape index (κ2) is 5.32. The van der Waals surface area contributed by atoms with Gasteiger partial charge < -0.3 is 10.1 Å². The van der Waals surface area contributed by atoms with E-state index in [-0.39, 0.29) is 5.97 Å². The molecular formula is C14H19NO2. The first-order chi connectivity index (χ1) is 8.29. The zero-order valence-corrected chi connectivity index (χ0v) is 10.2. The standard InChI is InChI=1S/C14H19NO2/c1-2-17-13(16)14(9-6-10-15-11-14)12-7-4-3-5-8-12/h3-5,7-8,15H,2,6,9-11H2,1H3/t14-/m1/s1. The SMILES string of the molecule is CCOC(=O)[C@]1(c2ccccc2)CCCNC1. The fourth-order valence-corrected chi connectivity index (χ4v) is 2.47. The molecule has 0 bridgehead atoms. The summed E-state index contributed by atoms with van der Waals surface area (Å²) in [5, 5.41) is 3.31. The first-order valence-corrected chi connectivity index (χ1v) is 6.23. The van der Waals surface area contributed by atoms with E-state index in [1.807, 2.05) is 37.3 Å². The van der Waals surface area contributed by atoms with Crippen LogP contribution in [0.5, 0.6) is 0 Å². The molecule has 2 rings (SSSR count). The summed E-state index contributed by atoms with van der Waals surface area (Å²) in [5.41, 5.74) is 0.570. The molecule has 0 saturated carbocycles. The molecular weight excluding hydrogens is 214 g/mol. The molecule has 0 amide bonds. The smallest absolute Gasteiger partial charge is 0.317 e. The van der Waals surface area contributed by atoms with E-state index in [0.717, 1.165) is 24.9 Å². The van der Waals surface area contributed by atoms with Crippen molar-refractivity contribution < 1.29 is 9.53 Å². The number of carbonyl (C=O) groups excluding carboxylic acids is 1. The topological polar surface area (TPSA) is 38.3 Å². The van der Waals surface area contributed by atoms with Crippen LogP contribution >= 0.6 is 0 Å². The average molecular weight is 233 g/mol. The van der Waals surface area contributed by atoms with Crippen LogP contribution in [0.15, 0.2) is 30.3 Å². The molecule has 0 spiro atoms. The highest BCUT2D eigenvalue weighted by Crippen LogP contribution is 2.32. The largest absolute Gasteiger partial charge is 0.465 e. The lowest BCUT2D eigenvalue weighted by molar-refractivity contribution is -0.151. The molecule has 0 unspecified atom stereocenters. The molecule has 3 heteroatoms. The highest BCUT2D eigenvalue weighted by atomic mass is 16.5. The number of nitrogens with one attached hydrogen (secondary N) is 1. The lowest BCUT2D eigenvalue weighted by Gasteiger charge is -2.35. The van der Waals surface area contributed by atoms with Gasteiger partial charge in [0.2, 0.25) is 0 Å². The van der Waals surface area contributed by atoms with Gasteiger partial charge in [-0.2, -0.15) is 0 Å². The number of rotatable bonds is 3. The minimum Gasteiger partial charge on any atom is -0.465 e. The number of carbonyl (C=O) groups is 1. The Morgan fingerprint density at radius 3 is 2.76 bits per heavy atom. The molecule has 1 aromatic carbocycles. The summed E-state index contributed by atoms with van der Waals surface area (Å²) in [6.45, 7) is 3.95. The van der Waals surface area contributed by atoms with E-state index >= 15 is 0 Å². The molecule has 1 atom stereocenters. The van der Waals surface area contributed by atoms with Crippen LogP contribution < -0.4 is 5.32 Å². The third-order valence-corrected chi connectivity index (χ3v) is 3.38. The summed E-state index contributed by atoms with van der Waals surface area (Å²) in [6.07, 6.45) is 1.87. The third-order valence-electron chi connectivity index (χ3n) is 3.38. The van der Waals surface area contributed by atoms with Gasteiger partial charge in [-0.1, -0.05) is 30.3 Å². The summed E-state index contributed by atoms with van der Waals surface area (Å²) in [5.74, 6) is -0.0987. The second-order valence-corrected chi connectivity index (χ2v) is 4.45. The van der Waals surface area contributed by atoms with E-state index in [1.54, 1.807) is 0 Å². The van der Waals surface area contributed by atoms with Crippen LogP contribution in [0.4, 0.5) is 0 Å². The van der Waals surface area contributed by atoms with Crippen molar-refractivity contribution in [1.82, 2.24) is 5.32 Å².